The summed E-state index contributed by atoms with van der Waals surface area (Å²) in [4.78, 5) is 16.8. The van der Waals surface area contributed by atoms with Gasteiger partial charge >= 0.3 is 5.97 Å². The molecule has 4 rings (SSSR count). The van der Waals surface area contributed by atoms with Gasteiger partial charge in [0.25, 0.3) is 0 Å². The number of benzene rings is 3. The molecule has 146 valence electrons. The number of rotatable bonds is 5. The molecule has 0 saturated carbocycles. The number of hydrogen-bond acceptors (Lipinski definition) is 6. The fourth-order valence-electron chi connectivity index (χ4n) is 3.24. The molecule has 6 nitrogen and oxygen atoms in total. The van der Waals surface area contributed by atoms with Crippen molar-refractivity contribution in [3.63, 3.8) is 0 Å². The summed E-state index contributed by atoms with van der Waals surface area (Å²) < 4.78 is 21.5. The Kier molecular flexibility index (Phi) is 4.91. The van der Waals surface area contributed by atoms with E-state index in [4.69, 9.17) is 18.9 Å². The van der Waals surface area contributed by atoms with E-state index >= 15 is 0 Å². The Morgan fingerprint density at radius 3 is 2.34 bits per heavy atom. The summed E-state index contributed by atoms with van der Waals surface area (Å²) in [5.74, 6) is 1.16. The van der Waals surface area contributed by atoms with Crippen molar-refractivity contribution in [2.45, 2.75) is 0 Å². The molecular formula is C23H19NO5. The molecule has 29 heavy (non-hydrogen) atoms. The highest BCUT2D eigenvalue weighted by atomic mass is 16.6. The third kappa shape index (κ3) is 3.40. The van der Waals surface area contributed by atoms with E-state index < -0.39 is 5.97 Å². The van der Waals surface area contributed by atoms with Crippen molar-refractivity contribution >= 4 is 28.7 Å². The second-order valence-corrected chi connectivity index (χ2v) is 6.32. The summed E-state index contributed by atoms with van der Waals surface area (Å²) in [6.07, 6.45) is 1.61. The zero-order valence-electron chi connectivity index (χ0n) is 16.3. The van der Waals surface area contributed by atoms with E-state index in [2.05, 4.69) is 4.99 Å². The number of ether oxygens (including phenoxy) is 4. The molecule has 0 spiro atoms. The van der Waals surface area contributed by atoms with Gasteiger partial charge in [-0.25, -0.2) is 9.79 Å². The van der Waals surface area contributed by atoms with E-state index in [0.29, 0.717) is 22.8 Å². The van der Waals surface area contributed by atoms with Gasteiger partial charge in [0.1, 0.15) is 0 Å². The Hall–Kier alpha value is -3.80. The zero-order valence-corrected chi connectivity index (χ0v) is 16.3. The highest BCUT2D eigenvalue weighted by molar-refractivity contribution is 6.13. The van der Waals surface area contributed by atoms with Crippen molar-refractivity contribution in [2.75, 3.05) is 21.3 Å². The van der Waals surface area contributed by atoms with E-state index in [-0.39, 0.29) is 11.6 Å². The first-order valence-electron chi connectivity index (χ1n) is 8.95. The number of cyclic esters (lactones) is 1. The monoisotopic (exact) mass is 389 g/mol. The predicted molar refractivity (Wildman–Crippen MR) is 111 cm³/mol. The number of carbonyl (C=O) groups excluding carboxylic acids is 1. The van der Waals surface area contributed by atoms with Crippen LogP contribution in [0.4, 0.5) is 0 Å². The molecule has 1 aliphatic rings. The van der Waals surface area contributed by atoms with Crippen LogP contribution in [0.15, 0.2) is 65.3 Å². The van der Waals surface area contributed by atoms with Gasteiger partial charge in [0.15, 0.2) is 17.2 Å². The highest BCUT2D eigenvalue weighted by Gasteiger charge is 2.25. The lowest BCUT2D eigenvalue weighted by Gasteiger charge is -2.14. The minimum atomic E-state index is -0.523. The van der Waals surface area contributed by atoms with Crippen molar-refractivity contribution in [1.29, 1.82) is 0 Å². The average Bonchev–Trinajstić information content (AvgIpc) is 3.13. The lowest BCUT2D eigenvalue weighted by atomic mass is 10.1. The first kappa shape index (κ1) is 18.6. The van der Waals surface area contributed by atoms with Gasteiger partial charge in [-0.1, -0.05) is 30.3 Å². The molecule has 0 N–H and O–H groups in total. The molecule has 0 bridgehead atoms. The Morgan fingerprint density at radius 2 is 1.62 bits per heavy atom. The minimum Gasteiger partial charge on any atom is -0.493 e. The van der Waals surface area contributed by atoms with Gasteiger partial charge in [-0.3, -0.25) is 0 Å². The normalized spacial score (nSPS) is 14.7. The van der Waals surface area contributed by atoms with E-state index in [9.17, 15) is 4.79 Å². The lowest BCUT2D eigenvalue weighted by molar-refractivity contribution is -0.129. The number of aliphatic imine (C=N–C) groups is 1. The van der Waals surface area contributed by atoms with Gasteiger partial charge in [0, 0.05) is 11.1 Å². The zero-order chi connectivity index (χ0) is 20.4. The second-order valence-electron chi connectivity index (χ2n) is 6.32. The number of carbonyl (C=O) groups is 1. The number of methoxy groups -OCH3 is 3. The molecule has 0 aromatic heterocycles. The van der Waals surface area contributed by atoms with Gasteiger partial charge in [0.2, 0.25) is 11.6 Å². The van der Waals surface area contributed by atoms with Crippen LogP contribution < -0.4 is 14.2 Å². The number of fused-ring (bicyclic) bond motifs is 1. The Bertz CT molecular complexity index is 1160. The van der Waals surface area contributed by atoms with Crippen molar-refractivity contribution in [3.8, 4) is 17.2 Å². The minimum absolute atomic E-state index is 0.179. The van der Waals surface area contributed by atoms with Crippen molar-refractivity contribution in [3.05, 3.63) is 71.4 Å². The molecule has 1 aliphatic heterocycles. The lowest BCUT2D eigenvalue weighted by Crippen LogP contribution is -2.05. The first-order chi connectivity index (χ1) is 14.1. The SMILES string of the molecule is COc1ccc(/C=C2/N=C(c3ccc4ccccc4c3)OC2=O)c(OC)c1OC. The van der Waals surface area contributed by atoms with Crippen LogP contribution in [-0.4, -0.2) is 33.2 Å². The maximum absolute atomic E-state index is 12.4. The largest absolute Gasteiger partial charge is 0.493 e. The van der Waals surface area contributed by atoms with Crippen molar-refractivity contribution in [1.82, 2.24) is 0 Å². The third-order valence-corrected chi connectivity index (χ3v) is 4.64. The van der Waals surface area contributed by atoms with Crippen molar-refractivity contribution in [2.24, 2.45) is 4.99 Å². The number of nitrogens with zero attached hydrogens (tertiary/aromatic N) is 1. The van der Waals surface area contributed by atoms with E-state index in [1.54, 1.807) is 25.3 Å². The van der Waals surface area contributed by atoms with Crippen LogP contribution in [0, 0.1) is 0 Å². The van der Waals surface area contributed by atoms with Crippen LogP contribution in [0.1, 0.15) is 11.1 Å². The molecule has 0 radical (unpaired) electrons. The molecule has 0 atom stereocenters. The fraction of sp³-hybridized carbons (Fsp3) is 0.130. The Morgan fingerprint density at radius 1 is 0.862 bits per heavy atom. The first-order valence-corrected chi connectivity index (χ1v) is 8.95. The molecule has 1 heterocycles. The van der Waals surface area contributed by atoms with Crippen LogP contribution in [0.5, 0.6) is 17.2 Å². The predicted octanol–water partition coefficient (Wildman–Crippen LogP) is 4.21. The van der Waals surface area contributed by atoms with Crippen molar-refractivity contribution < 1.29 is 23.7 Å². The Balaban J connectivity index is 1.74. The molecule has 3 aromatic rings. The smallest absolute Gasteiger partial charge is 0.363 e. The molecule has 3 aromatic carbocycles. The van der Waals surface area contributed by atoms with Gasteiger partial charge in [-0.2, -0.15) is 0 Å². The number of esters is 1. The number of hydrogen-bond donors (Lipinski definition) is 0. The standard InChI is InChI=1S/C23H19NO5/c1-26-19-11-10-16(20(27-2)21(19)28-3)13-18-23(25)29-22(24-18)17-9-8-14-6-4-5-7-15(14)12-17/h4-13H,1-3H3/b18-13+. The summed E-state index contributed by atoms with van der Waals surface area (Å²) >= 11 is 0. The van der Waals surface area contributed by atoms with Crippen LogP contribution in [0.3, 0.4) is 0 Å². The quantitative estimate of drug-likeness (QED) is 0.483. The molecule has 0 fully saturated rings. The van der Waals surface area contributed by atoms with Crippen LogP contribution in [0.2, 0.25) is 0 Å². The highest BCUT2D eigenvalue weighted by Crippen LogP contribution is 2.41. The summed E-state index contributed by atoms with van der Waals surface area (Å²) in [7, 11) is 4.59. The van der Waals surface area contributed by atoms with Crippen LogP contribution in [-0.2, 0) is 9.53 Å². The summed E-state index contributed by atoms with van der Waals surface area (Å²) in [5, 5.41) is 2.15. The molecule has 0 aliphatic carbocycles. The van der Waals surface area contributed by atoms with Crippen LogP contribution >= 0.6 is 0 Å². The Labute approximate surface area is 168 Å². The fourth-order valence-corrected chi connectivity index (χ4v) is 3.24. The summed E-state index contributed by atoms with van der Waals surface area (Å²) in [5.41, 5.74) is 1.54. The van der Waals surface area contributed by atoms with E-state index in [1.807, 2.05) is 42.5 Å². The van der Waals surface area contributed by atoms with E-state index in [0.717, 1.165) is 16.3 Å². The third-order valence-electron chi connectivity index (χ3n) is 4.64. The topological polar surface area (TPSA) is 66.4 Å². The van der Waals surface area contributed by atoms with Gasteiger partial charge in [0.05, 0.1) is 21.3 Å². The molecule has 6 heteroatoms. The molecular weight excluding hydrogens is 370 g/mol. The van der Waals surface area contributed by atoms with E-state index in [1.165, 1.54) is 14.2 Å². The van der Waals surface area contributed by atoms with Crippen LogP contribution in [0.25, 0.3) is 16.8 Å². The maximum atomic E-state index is 12.4. The summed E-state index contributed by atoms with van der Waals surface area (Å²) in [6, 6.07) is 17.3. The molecule has 0 saturated heterocycles. The van der Waals surface area contributed by atoms with Gasteiger partial charge < -0.3 is 18.9 Å². The van der Waals surface area contributed by atoms with Gasteiger partial charge in [-0.05, 0) is 41.1 Å². The van der Waals surface area contributed by atoms with Gasteiger partial charge in [-0.15, -0.1) is 0 Å². The second kappa shape index (κ2) is 7.67. The summed E-state index contributed by atoms with van der Waals surface area (Å²) in [6.45, 7) is 0. The molecule has 0 amide bonds. The maximum Gasteiger partial charge on any atom is 0.363 e. The molecule has 0 unspecified atom stereocenters. The average molecular weight is 389 g/mol.